The Balaban J connectivity index is 2.76. The second-order valence-corrected chi connectivity index (χ2v) is 4.81. The lowest BCUT2D eigenvalue weighted by atomic mass is 9.82. The molecule has 0 spiro atoms. The van der Waals surface area contributed by atoms with Crippen LogP contribution in [0, 0.1) is 0 Å². The lowest BCUT2D eigenvalue weighted by molar-refractivity contribution is -0.274. The molecule has 2 atom stereocenters. The molecule has 0 heterocycles. The van der Waals surface area contributed by atoms with E-state index in [1.54, 1.807) is 30.3 Å². The molecule has 2 nitrogen and oxygen atoms in total. The third kappa shape index (κ3) is 2.17. The number of hydrogen-bond donors (Lipinski definition) is 2. The van der Waals surface area contributed by atoms with Gasteiger partial charge in [-0.2, -0.15) is 13.2 Å². The van der Waals surface area contributed by atoms with E-state index in [-0.39, 0.29) is 12.0 Å². The lowest BCUT2D eigenvalue weighted by Gasteiger charge is -2.36. The third-order valence-corrected chi connectivity index (χ3v) is 3.61. The molecule has 20 heavy (non-hydrogen) atoms. The van der Waals surface area contributed by atoms with Crippen molar-refractivity contribution in [3.63, 3.8) is 0 Å². The molecule has 0 bridgehead atoms. The Morgan fingerprint density at radius 1 is 1.10 bits per heavy atom. The maximum atomic E-state index is 13.4. The van der Waals surface area contributed by atoms with Crippen molar-refractivity contribution in [1.29, 1.82) is 0 Å². The van der Waals surface area contributed by atoms with Crippen molar-refractivity contribution in [2.24, 2.45) is 5.73 Å². The molecule has 2 aromatic rings. The Labute approximate surface area is 115 Å². The van der Waals surface area contributed by atoms with Crippen LogP contribution in [0.25, 0.3) is 10.8 Å². The highest BCUT2D eigenvalue weighted by molar-refractivity contribution is 5.86. The van der Waals surface area contributed by atoms with Crippen LogP contribution in [-0.4, -0.2) is 17.3 Å². The number of fused-ring (bicyclic) bond motifs is 1. The van der Waals surface area contributed by atoms with E-state index in [1.165, 1.54) is 19.1 Å². The minimum Gasteiger partial charge on any atom is -0.375 e. The first-order valence-electron chi connectivity index (χ1n) is 6.35. The lowest BCUT2D eigenvalue weighted by Crippen LogP contribution is -2.55. The Morgan fingerprint density at radius 3 is 2.30 bits per heavy atom. The number of nitrogens with two attached hydrogens (primary N) is 1. The van der Waals surface area contributed by atoms with E-state index >= 15 is 0 Å². The molecule has 0 aliphatic heterocycles. The molecule has 5 heteroatoms. The number of alkyl halides is 3. The van der Waals surface area contributed by atoms with Gasteiger partial charge in [0.15, 0.2) is 0 Å². The fourth-order valence-electron chi connectivity index (χ4n) is 2.42. The van der Waals surface area contributed by atoms with Crippen molar-refractivity contribution in [2.45, 2.75) is 31.2 Å². The molecule has 2 unspecified atom stereocenters. The summed E-state index contributed by atoms with van der Waals surface area (Å²) in [5.41, 5.74) is 2.34. The van der Waals surface area contributed by atoms with E-state index in [4.69, 9.17) is 5.73 Å². The van der Waals surface area contributed by atoms with Crippen LogP contribution in [0.15, 0.2) is 42.5 Å². The fourth-order valence-corrected chi connectivity index (χ4v) is 2.42. The first-order valence-corrected chi connectivity index (χ1v) is 6.35. The Kier molecular flexibility index (Phi) is 3.75. The largest absolute Gasteiger partial charge is 0.423 e. The Bertz CT molecular complexity index is 606. The highest BCUT2D eigenvalue weighted by atomic mass is 19.4. The standard InChI is InChI=1S/C15H16F3NO/c1-2-13(19)14(20,15(16,17)18)12-9-5-7-10-6-3-4-8-11(10)12/h3-9,13,20H,2,19H2,1H3. The van der Waals surface area contributed by atoms with Crippen molar-refractivity contribution in [3.8, 4) is 0 Å². The van der Waals surface area contributed by atoms with Gasteiger partial charge in [0.25, 0.3) is 0 Å². The van der Waals surface area contributed by atoms with E-state index in [0.717, 1.165) is 0 Å². The van der Waals surface area contributed by atoms with Gasteiger partial charge >= 0.3 is 6.18 Å². The predicted molar refractivity (Wildman–Crippen MR) is 72.2 cm³/mol. The van der Waals surface area contributed by atoms with Crippen molar-refractivity contribution in [1.82, 2.24) is 0 Å². The van der Waals surface area contributed by atoms with Crippen LogP contribution >= 0.6 is 0 Å². The molecular formula is C15H16F3NO. The monoisotopic (exact) mass is 283 g/mol. The van der Waals surface area contributed by atoms with Crippen molar-refractivity contribution >= 4 is 10.8 Å². The summed E-state index contributed by atoms with van der Waals surface area (Å²) in [6.07, 6.45) is -4.83. The van der Waals surface area contributed by atoms with Crippen molar-refractivity contribution in [3.05, 3.63) is 48.0 Å². The van der Waals surface area contributed by atoms with Gasteiger partial charge < -0.3 is 10.8 Å². The van der Waals surface area contributed by atoms with Gasteiger partial charge in [-0.3, -0.25) is 0 Å². The van der Waals surface area contributed by atoms with Crippen LogP contribution in [0.5, 0.6) is 0 Å². The average molecular weight is 283 g/mol. The number of benzene rings is 2. The van der Waals surface area contributed by atoms with E-state index in [1.807, 2.05) is 0 Å². The topological polar surface area (TPSA) is 46.2 Å². The SMILES string of the molecule is CCC(N)C(O)(c1cccc2ccccc12)C(F)(F)F. The number of rotatable bonds is 3. The van der Waals surface area contributed by atoms with Crippen LogP contribution in [0.3, 0.4) is 0 Å². The van der Waals surface area contributed by atoms with Crippen molar-refractivity contribution in [2.75, 3.05) is 0 Å². The van der Waals surface area contributed by atoms with E-state index in [9.17, 15) is 18.3 Å². The molecule has 0 saturated carbocycles. The van der Waals surface area contributed by atoms with Gasteiger partial charge in [0, 0.05) is 11.6 Å². The van der Waals surface area contributed by atoms with Crippen molar-refractivity contribution < 1.29 is 18.3 Å². The number of aliphatic hydroxyl groups is 1. The van der Waals surface area contributed by atoms with Gasteiger partial charge in [-0.15, -0.1) is 0 Å². The molecular weight excluding hydrogens is 267 g/mol. The second kappa shape index (κ2) is 5.07. The second-order valence-electron chi connectivity index (χ2n) is 4.81. The minimum absolute atomic E-state index is 0.0131. The normalized spacial score (nSPS) is 16.9. The van der Waals surface area contributed by atoms with E-state index in [0.29, 0.717) is 10.8 Å². The van der Waals surface area contributed by atoms with Gasteiger partial charge in [-0.1, -0.05) is 49.4 Å². The van der Waals surface area contributed by atoms with Crippen LogP contribution < -0.4 is 5.73 Å². The van der Waals surface area contributed by atoms with E-state index in [2.05, 4.69) is 0 Å². The van der Waals surface area contributed by atoms with Crippen LogP contribution in [-0.2, 0) is 5.60 Å². The third-order valence-electron chi connectivity index (χ3n) is 3.61. The first-order chi connectivity index (χ1) is 9.32. The molecule has 0 aromatic heterocycles. The summed E-state index contributed by atoms with van der Waals surface area (Å²) in [4.78, 5) is 0. The summed E-state index contributed by atoms with van der Waals surface area (Å²) < 4.78 is 40.3. The zero-order valence-electron chi connectivity index (χ0n) is 11.0. The molecule has 0 amide bonds. The van der Waals surface area contributed by atoms with Gasteiger partial charge in [-0.05, 0) is 17.2 Å². The summed E-state index contributed by atoms with van der Waals surface area (Å²) in [5.74, 6) is 0. The van der Waals surface area contributed by atoms with Crippen LogP contribution in [0.2, 0.25) is 0 Å². The molecule has 0 radical (unpaired) electrons. The summed E-state index contributed by atoms with van der Waals surface area (Å²) in [7, 11) is 0. The summed E-state index contributed by atoms with van der Waals surface area (Å²) >= 11 is 0. The molecule has 2 rings (SSSR count). The summed E-state index contributed by atoms with van der Waals surface area (Å²) in [6.45, 7) is 1.52. The first kappa shape index (κ1) is 14.8. The zero-order chi connectivity index (χ0) is 15.0. The number of halogens is 3. The molecule has 108 valence electrons. The van der Waals surface area contributed by atoms with Gasteiger partial charge in [0.2, 0.25) is 5.60 Å². The highest BCUT2D eigenvalue weighted by Crippen LogP contribution is 2.44. The molecule has 0 saturated heterocycles. The Morgan fingerprint density at radius 2 is 1.70 bits per heavy atom. The summed E-state index contributed by atoms with van der Waals surface area (Å²) in [6, 6.07) is 9.69. The molecule has 0 fully saturated rings. The van der Waals surface area contributed by atoms with Crippen LogP contribution in [0.4, 0.5) is 13.2 Å². The molecule has 0 aliphatic carbocycles. The molecule has 2 aromatic carbocycles. The zero-order valence-corrected chi connectivity index (χ0v) is 11.0. The summed E-state index contributed by atoms with van der Waals surface area (Å²) in [5, 5.41) is 11.3. The number of hydrogen-bond acceptors (Lipinski definition) is 2. The molecule has 0 aliphatic rings. The minimum atomic E-state index is -4.84. The predicted octanol–water partition coefficient (Wildman–Crippen LogP) is 3.33. The average Bonchev–Trinajstić information content (AvgIpc) is 2.43. The van der Waals surface area contributed by atoms with E-state index < -0.39 is 17.8 Å². The Hall–Kier alpha value is -1.59. The quantitative estimate of drug-likeness (QED) is 0.907. The highest BCUT2D eigenvalue weighted by Gasteiger charge is 2.58. The molecule has 3 N–H and O–H groups in total. The maximum absolute atomic E-state index is 13.4. The smallest absolute Gasteiger partial charge is 0.375 e. The van der Waals surface area contributed by atoms with Gasteiger partial charge in [-0.25, -0.2) is 0 Å². The van der Waals surface area contributed by atoms with Gasteiger partial charge in [0.1, 0.15) is 0 Å². The van der Waals surface area contributed by atoms with Gasteiger partial charge in [0.05, 0.1) is 0 Å². The van der Waals surface area contributed by atoms with Crippen LogP contribution in [0.1, 0.15) is 18.9 Å². The maximum Gasteiger partial charge on any atom is 0.423 e. The fraction of sp³-hybridized carbons (Fsp3) is 0.333.